The number of ether oxygens (including phenoxy) is 1. The second kappa shape index (κ2) is 6.82. The summed E-state index contributed by atoms with van der Waals surface area (Å²) in [6.07, 6.45) is -0.172. The van der Waals surface area contributed by atoms with Gasteiger partial charge in [0, 0.05) is 31.0 Å². The fraction of sp³-hybridized carbons (Fsp3) is 0.467. The van der Waals surface area contributed by atoms with E-state index in [0.717, 1.165) is 12.1 Å². The molecule has 148 valence electrons. The number of hydrogen-bond acceptors (Lipinski definition) is 7. The highest BCUT2D eigenvalue weighted by molar-refractivity contribution is 7.88. The van der Waals surface area contributed by atoms with Crippen molar-refractivity contribution in [3.8, 4) is 11.5 Å². The maximum absolute atomic E-state index is 12.6. The van der Waals surface area contributed by atoms with E-state index in [0.29, 0.717) is 16.3 Å². The quantitative estimate of drug-likeness (QED) is 0.586. The minimum atomic E-state index is -5.82. The lowest BCUT2D eigenvalue weighted by Crippen LogP contribution is -2.28. The van der Waals surface area contributed by atoms with Crippen LogP contribution < -0.4 is 14.2 Å². The van der Waals surface area contributed by atoms with Crippen LogP contribution in [0.3, 0.4) is 0 Å². The lowest BCUT2D eigenvalue weighted by molar-refractivity contribution is -0.119. The van der Waals surface area contributed by atoms with E-state index in [1.165, 1.54) is 11.3 Å². The molecule has 1 aromatic carbocycles. The molecule has 12 heteroatoms. The van der Waals surface area contributed by atoms with Crippen LogP contribution in [0.2, 0.25) is 0 Å². The number of amides is 1. The summed E-state index contributed by atoms with van der Waals surface area (Å²) in [5.41, 5.74) is -5.29. The first kappa shape index (κ1) is 19.7. The second-order valence-corrected chi connectivity index (χ2v) is 8.82. The zero-order chi connectivity index (χ0) is 20.0. The van der Waals surface area contributed by atoms with Gasteiger partial charge in [0.1, 0.15) is 17.6 Å². The Bertz CT molecular complexity index is 987. The van der Waals surface area contributed by atoms with E-state index in [2.05, 4.69) is 14.5 Å². The number of aromatic nitrogens is 1. The lowest BCUT2D eigenvalue weighted by Gasteiger charge is -2.20. The highest BCUT2D eigenvalue weighted by atomic mass is 32.2. The molecule has 2 heterocycles. The Labute approximate surface area is 156 Å². The molecule has 1 fully saturated rings. The van der Waals surface area contributed by atoms with Gasteiger partial charge in [0.25, 0.3) is 0 Å². The Morgan fingerprint density at radius 3 is 2.67 bits per heavy atom. The van der Waals surface area contributed by atoms with Crippen molar-refractivity contribution in [3.63, 3.8) is 0 Å². The van der Waals surface area contributed by atoms with Crippen LogP contribution in [0.4, 0.5) is 13.2 Å². The Kier molecular flexibility index (Phi) is 4.97. The fourth-order valence-electron chi connectivity index (χ4n) is 2.65. The first-order chi connectivity index (χ1) is 12.5. The maximum atomic E-state index is 12.6. The predicted molar refractivity (Wildman–Crippen MR) is 91.2 cm³/mol. The molecule has 1 aliphatic rings. The monoisotopic (exact) mass is 424 g/mol. The third-order valence-corrected chi connectivity index (χ3v) is 5.99. The molecule has 3 rings (SSSR count). The van der Waals surface area contributed by atoms with E-state index >= 15 is 0 Å². The van der Waals surface area contributed by atoms with Gasteiger partial charge in [0.15, 0.2) is 0 Å². The first-order valence-electron chi connectivity index (χ1n) is 7.81. The molecule has 0 saturated carbocycles. The number of hydrogen-bond donors (Lipinski definition) is 1. The zero-order valence-electron chi connectivity index (χ0n) is 14.2. The van der Waals surface area contributed by atoms with E-state index in [1.807, 2.05) is 0 Å². The number of benzene rings is 1. The van der Waals surface area contributed by atoms with Crippen molar-refractivity contribution in [2.75, 3.05) is 6.54 Å². The molecule has 2 unspecified atom stereocenters. The molecule has 1 aromatic heterocycles. The smallest absolute Gasteiger partial charge is 0.489 e. The number of fused-ring (bicyclic) bond motifs is 1. The molecule has 1 N–H and O–H groups in total. The molecule has 1 saturated heterocycles. The molecule has 0 spiro atoms. The van der Waals surface area contributed by atoms with Gasteiger partial charge in [-0.15, -0.1) is 11.3 Å². The van der Waals surface area contributed by atoms with Crippen molar-refractivity contribution in [3.05, 3.63) is 17.1 Å². The third-order valence-electron chi connectivity index (χ3n) is 4.01. The molecular formula is C15H15F3N2O5S2. The Balaban J connectivity index is 1.95. The standard InChI is InChI=1S/C15H15F3N2O5S2/c1-7(9-3-13(21)19-6-9)24-12-5-10(25-27(22,23)15(16,17)18)4-11-14(12)26-8(2)20-11/h4-5,7,9H,3,6H2,1-2H3,(H,19,21). The van der Waals surface area contributed by atoms with Gasteiger partial charge in [0.2, 0.25) is 5.91 Å². The normalized spacial score (nSPS) is 19.1. The highest BCUT2D eigenvalue weighted by Crippen LogP contribution is 2.38. The number of thiazole rings is 1. The topological polar surface area (TPSA) is 94.6 Å². The number of carbonyl (C=O) groups excluding carboxylic acids is 1. The third kappa shape index (κ3) is 4.10. The van der Waals surface area contributed by atoms with Crippen molar-refractivity contribution in [1.82, 2.24) is 10.3 Å². The molecule has 0 bridgehead atoms. The van der Waals surface area contributed by atoms with Crippen molar-refractivity contribution in [1.29, 1.82) is 0 Å². The summed E-state index contributed by atoms with van der Waals surface area (Å²) < 4.78 is 71.0. The molecule has 7 nitrogen and oxygen atoms in total. The Hall–Kier alpha value is -2.08. The van der Waals surface area contributed by atoms with Crippen molar-refractivity contribution < 1.29 is 35.3 Å². The Morgan fingerprint density at radius 1 is 1.37 bits per heavy atom. The minimum absolute atomic E-state index is 0.109. The SMILES string of the molecule is Cc1nc2cc(OS(=O)(=O)C(F)(F)F)cc(OC(C)C3CNC(=O)C3)c2s1. The summed E-state index contributed by atoms with van der Waals surface area (Å²) in [5, 5.41) is 3.30. The van der Waals surface area contributed by atoms with E-state index in [9.17, 15) is 26.4 Å². The molecular weight excluding hydrogens is 409 g/mol. The molecule has 0 radical (unpaired) electrons. The van der Waals surface area contributed by atoms with Crippen LogP contribution in [-0.4, -0.2) is 37.5 Å². The van der Waals surface area contributed by atoms with Crippen LogP contribution in [0.25, 0.3) is 10.2 Å². The largest absolute Gasteiger partial charge is 0.534 e. The number of halogens is 3. The van der Waals surface area contributed by atoms with Gasteiger partial charge < -0.3 is 14.2 Å². The van der Waals surface area contributed by atoms with Crippen LogP contribution >= 0.6 is 11.3 Å². The number of alkyl halides is 3. The average molecular weight is 424 g/mol. The highest BCUT2D eigenvalue weighted by Gasteiger charge is 2.48. The van der Waals surface area contributed by atoms with Crippen molar-refractivity contribution >= 4 is 37.6 Å². The van der Waals surface area contributed by atoms with Gasteiger partial charge >= 0.3 is 15.6 Å². The van der Waals surface area contributed by atoms with Crippen LogP contribution in [-0.2, 0) is 14.9 Å². The fourth-order valence-corrected chi connectivity index (χ4v) is 3.95. The van der Waals surface area contributed by atoms with Gasteiger partial charge in [-0.1, -0.05) is 0 Å². The minimum Gasteiger partial charge on any atom is -0.489 e. The van der Waals surface area contributed by atoms with Gasteiger partial charge in [-0.25, -0.2) is 4.98 Å². The molecule has 27 heavy (non-hydrogen) atoms. The molecule has 1 amide bonds. The molecule has 1 aliphatic heterocycles. The summed E-state index contributed by atoms with van der Waals surface area (Å²) in [6.45, 7) is 3.85. The molecule has 2 aromatic rings. The van der Waals surface area contributed by atoms with Crippen molar-refractivity contribution in [2.45, 2.75) is 31.9 Å². The van der Waals surface area contributed by atoms with Crippen LogP contribution in [0.1, 0.15) is 18.4 Å². The molecule has 2 atom stereocenters. The van der Waals surface area contributed by atoms with Crippen LogP contribution in [0.5, 0.6) is 11.5 Å². The van der Waals surface area contributed by atoms with E-state index < -0.39 is 27.5 Å². The summed E-state index contributed by atoms with van der Waals surface area (Å²) in [4.78, 5) is 15.5. The summed E-state index contributed by atoms with van der Waals surface area (Å²) in [7, 11) is -5.82. The number of nitrogens with zero attached hydrogens (tertiary/aromatic N) is 1. The lowest BCUT2D eigenvalue weighted by atomic mass is 10.0. The van der Waals surface area contributed by atoms with E-state index in [1.54, 1.807) is 13.8 Å². The van der Waals surface area contributed by atoms with Crippen LogP contribution in [0.15, 0.2) is 12.1 Å². The molecule has 0 aliphatic carbocycles. The van der Waals surface area contributed by atoms with Gasteiger partial charge in [0.05, 0.1) is 15.2 Å². The summed E-state index contributed by atoms with van der Waals surface area (Å²) >= 11 is 1.25. The summed E-state index contributed by atoms with van der Waals surface area (Å²) in [5.74, 6) is -0.627. The van der Waals surface area contributed by atoms with Gasteiger partial charge in [-0.2, -0.15) is 21.6 Å². The summed E-state index contributed by atoms with van der Waals surface area (Å²) in [6, 6.07) is 2.20. The maximum Gasteiger partial charge on any atom is 0.534 e. The van der Waals surface area contributed by atoms with Gasteiger partial charge in [-0.3, -0.25) is 4.79 Å². The number of rotatable bonds is 5. The number of nitrogens with one attached hydrogen (secondary N) is 1. The van der Waals surface area contributed by atoms with Gasteiger partial charge in [-0.05, 0) is 13.8 Å². The van der Waals surface area contributed by atoms with E-state index in [-0.39, 0.29) is 29.5 Å². The zero-order valence-corrected chi connectivity index (χ0v) is 15.8. The van der Waals surface area contributed by atoms with E-state index in [4.69, 9.17) is 4.74 Å². The average Bonchev–Trinajstić information content (AvgIpc) is 3.11. The second-order valence-electron chi connectivity index (χ2n) is 6.08. The first-order valence-corrected chi connectivity index (χ1v) is 10.0. The number of aryl methyl sites for hydroxylation is 1. The van der Waals surface area contributed by atoms with Crippen molar-refractivity contribution in [2.24, 2.45) is 5.92 Å². The number of carbonyl (C=O) groups is 1. The Morgan fingerprint density at radius 2 is 2.07 bits per heavy atom. The predicted octanol–water partition coefficient (Wildman–Crippen LogP) is 2.74. The van der Waals surface area contributed by atoms with Crippen LogP contribution in [0, 0.1) is 12.8 Å².